The van der Waals surface area contributed by atoms with E-state index in [-0.39, 0.29) is 34.8 Å². The standard InChI is InChI=1S/C34H42ClN3O6S/c1-5-30(34(40)36-27-13-7-6-8-14-27)37(22-25-12-10-9-11-24(25)2)33(39)23-38(28-17-15-26(35)16-18-28)45(41,42)29-19-20-31(43-3)32(21-29)44-4/h9-12,15-21,27,30H,5-8,13-14,22-23H2,1-4H3,(H,36,40)/t30-/m0/s1. The summed E-state index contributed by atoms with van der Waals surface area (Å²) >= 11 is 6.14. The predicted octanol–water partition coefficient (Wildman–Crippen LogP) is 6.12. The highest BCUT2D eigenvalue weighted by atomic mass is 35.5. The summed E-state index contributed by atoms with van der Waals surface area (Å²) in [7, 11) is -1.42. The van der Waals surface area contributed by atoms with E-state index in [0.717, 1.165) is 47.5 Å². The van der Waals surface area contributed by atoms with Gasteiger partial charge in [0.1, 0.15) is 12.6 Å². The number of carbonyl (C=O) groups is 2. The molecule has 1 aliphatic carbocycles. The third-order valence-electron chi connectivity index (χ3n) is 8.28. The van der Waals surface area contributed by atoms with Crippen molar-refractivity contribution in [2.24, 2.45) is 0 Å². The minimum Gasteiger partial charge on any atom is -0.493 e. The maximum atomic E-state index is 14.4. The van der Waals surface area contributed by atoms with Crippen LogP contribution < -0.4 is 19.1 Å². The largest absolute Gasteiger partial charge is 0.493 e. The highest BCUT2D eigenvalue weighted by molar-refractivity contribution is 7.92. The molecule has 1 N–H and O–H groups in total. The Balaban J connectivity index is 1.74. The highest BCUT2D eigenvalue weighted by Gasteiger charge is 2.35. The van der Waals surface area contributed by atoms with Crippen molar-refractivity contribution in [1.82, 2.24) is 10.2 Å². The molecular formula is C34H42ClN3O6S. The van der Waals surface area contributed by atoms with Gasteiger partial charge < -0.3 is 19.7 Å². The summed E-state index contributed by atoms with van der Waals surface area (Å²) in [5, 5.41) is 3.59. The van der Waals surface area contributed by atoms with Crippen molar-refractivity contribution in [2.75, 3.05) is 25.1 Å². The van der Waals surface area contributed by atoms with Gasteiger partial charge in [-0.15, -0.1) is 0 Å². The normalized spacial score (nSPS) is 14.3. The molecule has 1 atom stereocenters. The lowest BCUT2D eigenvalue weighted by atomic mass is 9.95. The van der Waals surface area contributed by atoms with Gasteiger partial charge in [0.05, 0.1) is 24.8 Å². The molecule has 45 heavy (non-hydrogen) atoms. The lowest BCUT2D eigenvalue weighted by Crippen LogP contribution is -2.54. The van der Waals surface area contributed by atoms with Gasteiger partial charge in [-0.25, -0.2) is 8.42 Å². The average molecular weight is 656 g/mol. The van der Waals surface area contributed by atoms with Crippen LogP contribution in [0.4, 0.5) is 5.69 Å². The van der Waals surface area contributed by atoms with Gasteiger partial charge >= 0.3 is 0 Å². The number of hydrogen-bond donors (Lipinski definition) is 1. The molecule has 1 saturated carbocycles. The zero-order valence-electron chi connectivity index (χ0n) is 26.3. The number of rotatable bonds is 13. The third-order valence-corrected chi connectivity index (χ3v) is 10.3. The molecule has 0 spiro atoms. The quantitative estimate of drug-likeness (QED) is 0.238. The summed E-state index contributed by atoms with van der Waals surface area (Å²) in [5.41, 5.74) is 2.08. The minimum absolute atomic E-state index is 0.0618. The second kappa shape index (κ2) is 15.5. The Bertz CT molecular complexity index is 1570. The maximum absolute atomic E-state index is 14.4. The molecule has 0 aromatic heterocycles. The number of sulfonamides is 1. The van der Waals surface area contributed by atoms with Crippen molar-refractivity contribution in [3.8, 4) is 11.5 Å². The Hall–Kier alpha value is -3.76. The van der Waals surface area contributed by atoms with E-state index in [1.54, 1.807) is 24.3 Å². The Morgan fingerprint density at radius 2 is 1.62 bits per heavy atom. The van der Waals surface area contributed by atoms with Gasteiger partial charge in [-0.2, -0.15) is 0 Å². The lowest BCUT2D eigenvalue weighted by Gasteiger charge is -2.34. The molecule has 0 saturated heterocycles. The first-order valence-corrected chi connectivity index (χ1v) is 17.1. The summed E-state index contributed by atoms with van der Waals surface area (Å²) in [5.74, 6) is -0.146. The summed E-state index contributed by atoms with van der Waals surface area (Å²) in [6.07, 6.45) is 5.43. The molecule has 3 aromatic carbocycles. The topological polar surface area (TPSA) is 105 Å². The van der Waals surface area contributed by atoms with Crippen LogP contribution in [-0.2, 0) is 26.2 Å². The van der Waals surface area contributed by atoms with Crippen molar-refractivity contribution in [3.63, 3.8) is 0 Å². The molecule has 0 heterocycles. The molecule has 11 heteroatoms. The van der Waals surface area contributed by atoms with E-state index in [0.29, 0.717) is 17.2 Å². The monoisotopic (exact) mass is 655 g/mol. The fourth-order valence-corrected chi connectivity index (χ4v) is 7.23. The number of benzene rings is 3. The van der Waals surface area contributed by atoms with Gasteiger partial charge in [0.2, 0.25) is 11.8 Å². The van der Waals surface area contributed by atoms with E-state index in [9.17, 15) is 18.0 Å². The number of amides is 2. The van der Waals surface area contributed by atoms with Crippen LogP contribution in [0.5, 0.6) is 11.5 Å². The molecule has 4 rings (SSSR count). The number of nitrogens with one attached hydrogen (secondary N) is 1. The van der Waals surface area contributed by atoms with Gasteiger partial charge in [-0.3, -0.25) is 13.9 Å². The van der Waals surface area contributed by atoms with Crippen LogP contribution in [0.25, 0.3) is 0 Å². The molecule has 242 valence electrons. The number of methoxy groups -OCH3 is 2. The SMILES string of the molecule is CC[C@@H](C(=O)NC1CCCCC1)N(Cc1ccccc1C)C(=O)CN(c1ccc(Cl)cc1)S(=O)(=O)c1ccc(OC)c(OC)c1. The first kappa shape index (κ1) is 34.1. The maximum Gasteiger partial charge on any atom is 0.264 e. The van der Waals surface area contributed by atoms with E-state index in [2.05, 4.69) is 5.32 Å². The Kier molecular flexibility index (Phi) is 11.7. The zero-order chi connectivity index (χ0) is 32.6. The summed E-state index contributed by atoms with van der Waals surface area (Å²) in [4.78, 5) is 29.5. The van der Waals surface area contributed by atoms with Crippen LogP contribution in [-0.4, -0.2) is 58.0 Å². The second-order valence-electron chi connectivity index (χ2n) is 11.2. The fourth-order valence-electron chi connectivity index (χ4n) is 5.68. The Morgan fingerprint density at radius 3 is 2.24 bits per heavy atom. The number of hydrogen-bond acceptors (Lipinski definition) is 6. The van der Waals surface area contributed by atoms with Gasteiger partial charge in [-0.05, 0) is 73.7 Å². The van der Waals surface area contributed by atoms with Crippen molar-refractivity contribution in [3.05, 3.63) is 82.9 Å². The molecule has 0 unspecified atom stereocenters. The zero-order valence-corrected chi connectivity index (χ0v) is 27.9. The molecule has 0 radical (unpaired) electrons. The fraction of sp³-hybridized carbons (Fsp3) is 0.412. The summed E-state index contributed by atoms with van der Waals surface area (Å²) in [6, 6.07) is 17.4. The first-order valence-electron chi connectivity index (χ1n) is 15.2. The van der Waals surface area contributed by atoms with Crippen LogP contribution in [0, 0.1) is 6.92 Å². The van der Waals surface area contributed by atoms with Crippen LogP contribution in [0.1, 0.15) is 56.6 Å². The highest BCUT2D eigenvalue weighted by Crippen LogP contribution is 2.33. The molecule has 3 aromatic rings. The van der Waals surface area contributed by atoms with Crippen LogP contribution in [0.3, 0.4) is 0 Å². The van der Waals surface area contributed by atoms with Crippen LogP contribution in [0.2, 0.25) is 5.02 Å². The summed E-state index contributed by atoms with van der Waals surface area (Å²) in [6.45, 7) is 3.41. The van der Waals surface area contributed by atoms with E-state index in [1.165, 1.54) is 37.3 Å². The minimum atomic E-state index is -4.30. The van der Waals surface area contributed by atoms with Crippen molar-refractivity contribution >= 4 is 39.1 Å². The van der Waals surface area contributed by atoms with Crippen LogP contribution in [0.15, 0.2) is 71.6 Å². The smallest absolute Gasteiger partial charge is 0.264 e. The molecule has 1 fully saturated rings. The molecule has 0 aliphatic heterocycles. The third kappa shape index (κ3) is 8.29. The Labute approximate surface area is 271 Å². The second-order valence-corrected chi connectivity index (χ2v) is 13.5. The first-order chi connectivity index (χ1) is 21.6. The van der Waals surface area contributed by atoms with Gasteiger partial charge in [0.15, 0.2) is 11.5 Å². The van der Waals surface area contributed by atoms with Gasteiger partial charge in [0.25, 0.3) is 10.0 Å². The van der Waals surface area contributed by atoms with E-state index in [4.69, 9.17) is 21.1 Å². The lowest BCUT2D eigenvalue weighted by molar-refractivity contribution is -0.140. The molecule has 9 nitrogen and oxygen atoms in total. The molecular weight excluding hydrogens is 614 g/mol. The molecule has 2 amide bonds. The number of aryl methyl sites for hydroxylation is 1. The van der Waals surface area contributed by atoms with E-state index < -0.39 is 28.5 Å². The van der Waals surface area contributed by atoms with Gasteiger partial charge in [-0.1, -0.05) is 62.1 Å². The Morgan fingerprint density at radius 1 is 0.956 bits per heavy atom. The van der Waals surface area contributed by atoms with Gasteiger partial charge in [0, 0.05) is 23.7 Å². The number of ether oxygens (including phenoxy) is 2. The van der Waals surface area contributed by atoms with Crippen LogP contribution >= 0.6 is 11.6 Å². The summed E-state index contributed by atoms with van der Waals surface area (Å²) < 4.78 is 40.2. The van der Waals surface area contributed by atoms with Crippen molar-refractivity contribution in [1.29, 1.82) is 0 Å². The van der Waals surface area contributed by atoms with E-state index >= 15 is 0 Å². The van der Waals surface area contributed by atoms with Crippen molar-refractivity contribution in [2.45, 2.75) is 75.9 Å². The number of anilines is 1. The number of nitrogens with zero attached hydrogens (tertiary/aromatic N) is 2. The van der Waals surface area contributed by atoms with E-state index in [1.807, 2.05) is 38.1 Å². The predicted molar refractivity (Wildman–Crippen MR) is 176 cm³/mol. The molecule has 0 bridgehead atoms. The number of halogens is 1. The number of carbonyl (C=O) groups excluding carboxylic acids is 2. The van der Waals surface area contributed by atoms with Crippen molar-refractivity contribution < 1.29 is 27.5 Å². The average Bonchev–Trinajstić information content (AvgIpc) is 3.04. The molecule has 1 aliphatic rings.